The van der Waals surface area contributed by atoms with Gasteiger partial charge < -0.3 is 5.73 Å². The molecule has 2 aliphatic rings. The summed E-state index contributed by atoms with van der Waals surface area (Å²) in [7, 11) is 0. The van der Waals surface area contributed by atoms with Gasteiger partial charge in [0, 0.05) is 48.5 Å². The first kappa shape index (κ1) is 22.6. The summed E-state index contributed by atoms with van der Waals surface area (Å²) in [5.74, 6) is 0.958. The maximum Gasteiger partial charge on any atom is 0.419 e. The van der Waals surface area contributed by atoms with Crippen LogP contribution in [0.2, 0.25) is 0 Å². The van der Waals surface area contributed by atoms with Crippen LogP contribution >= 0.6 is 0 Å². The van der Waals surface area contributed by atoms with Crippen LogP contribution in [-0.2, 0) is 6.18 Å². The van der Waals surface area contributed by atoms with E-state index in [1.807, 2.05) is 24.6 Å². The van der Waals surface area contributed by atoms with E-state index in [0.29, 0.717) is 35.4 Å². The minimum atomic E-state index is -4.56. The zero-order valence-electron chi connectivity index (χ0n) is 18.6. The van der Waals surface area contributed by atoms with Crippen LogP contribution in [0.25, 0.3) is 11.3 Å². The van der Waals surface area contributed by atoms with Crippen molar-refractivity contribution in [3.8, 4) is 17.3 Å². The van der Waals surface area contributed by atoms with Gasteiger partial charge in [0.25, 0.3) is 0 Å². The Morgan fingerprint density at radius 2 is 1.84 bits per heavy atom. The highest BCUT2D eigenvalue weighted by Crippen LogP contribution is 2.47. The number of rotatable bonds is 5. The average molecular weight is 447 g/mol. The first-order chi connectivity index (χ1) is 15.1. The van der Waals surface area contributed by atoms with Crippen LogP contribution in [-0.4, -0.2) is 38.8 Å². The largest absolute Gasteiger partial charge is 0.419 e. The van der Waals surface area contributed by atoms with Crippen molar-refractivity contribution in [3.63, 3.8) is 0 Å². The van der Waals surface area contributed by atoms with E-state index in [1.165, 1.54) is 6.20 Å². The molecule has 4 atom stereocenters. The SMILES string of the molecule is CC(CC#N)N1C[C@H]2CC(c3cc(-c4cnc(N)c(C(F)(F)F)c4)nn3C(C)C)C[C@H]2C1. The van der Waals surface area contributed by atoms with E-state index < -0.39 is 17.6 Å². The normalized spacial score (nSPS) is 24.6. The smallest absolute Gasteiger partial charge is 0.383 e. The van der Waals surface area contributed by atoms with Gasteiger partial charge in [0.2, 0.25) is 0 Å². The van der Waals surface area contributed by atoms with Gasteiger partial charge in [0.05, 0.1) is 23.7 Å². The van der Waals surface area contributed by atoms with Crippen molar-refractivity contribution in [1.29, 1.82) is 5.26 Å². The molecule has 0 bridgehead atoms. The lowest BCUT2D eigenvalue weighted by Crippen LogP contribution is -2.31. The number of nitrogen functional groups attached to an aromatic ring is 1. The molecule has 1 aliphatic heterocycles. The standard InChI is InChI=1S/C23H29F3N6/c1-13(2)32-21(15-6-17-11-31(12-18(17)7-15)14(3)4-5-27)9-20(30-32)16-8-19(23(24,25)26)22(28)29-10-16/h8-10,13-15,17-18H,4,6-7,11-12H2,1-3H3,(H2,28,29)/t14?,15?,17-,18+. The fraction of sp³-hybridized carbons (Fsp3) is 0.609. The highest BCUT2D eigenvalue weighted by Gasteiger charge is 2.43. The minimum Gasteiger partial charge on any atom is -0.383 e. The summed E-state index contributed by atoms with van der Waals surface area (Å²) in [6.45, 7) is 8.18. The van der Waals surface area contributed by atoms with E-state index in [-0.39, 0.29) is 12.1 Å². The number of alkyl halides is 3. The third kappa shape index (κ3) is 4.20. The number of aromatic nitrogens is 3. The Morgan fingerprint density at radius 3 is 2.41 bits per heavy atom. The summed E-state index contributed by atoms with van der Waals surface area (Å²) in [5.41, 5.74) is 6.42. The number of hydrogen-bond acceptors (Lipinski definition) is 5. The zero-order valence-corrected chi connectivity index (χ0v) is 18.6. The van der Waals surface area contributed by atoms with Gasteiger partial charge in [0.1, 0.15) is 5.82 Å². The van der Waals surface area contributed by atoms with E-state index in [4.69, 9.17) is 11.0 Å². The van der Waals surface area contributed by atoms with Gasteiger partial charge in [-0.15, -0.1) is 0 Å². The highest BCUT2D eigenvalue weighted by molar-refractivity contribution is 5.62. The minimum absolute atomic E-state index is 0.0927. The lowest BCUT2D eigenvalue weighted by molar-refractivity contribution is -0.137. The van der Waals surface area contributed by atoms with Crippen LogP contribution in [0.3, 0.4) is 0 Å². The molecule has 0 spiro atoms. The number of hydrogen-bond donors (Lipinski definition) is 1. The van der Waals surface area contributed by atoms with E-state index in [1.54, 1.807) is 0 Å². The Morgan fingerprint density at radius 1 is 1.19 bits per heavy atom. The Labute approximate surface area is 186 Å². The quantitative estimate of drug-likeness (QED) is 0.710. The van der Waals surface area contributed by atoms with Crippen LogP contribution in [0.4, 0.5) is 19.0 Å². The molecular weight excluding hydrogens is 417 g/mol. The van der Waals surface area contributed by atoms with Crippen LogP contribution in [0.5, 0.6) is 0 Å². The Bertz CT molecular complexity index is 1010. The van der Waals surface area contributed by atoms with E-state index in [9.17, 15) is 13.2 Å². The van der Waals surface area contributed by atoms with Gasteiger partial charge in [0.15, 0.2) is 0 Å². The molecule has 172 valence electrons. The van der Waals surface area contributed by atoms with Crippen molar-refractivity contribution in [1.82, 2.24) is 19.7 Å². The van der Waals surface area contributed by atoms with Crippen molar-refractivity contribution in [2.75, 3.05) is 18.8 Å². The lowest BCUT2D eigenvalue weighted by atomic mass is 9.99. The molecule has 4 rings (SSSR count). The molecule has 0 amide bonds. The lowest BCUT2D eigenvalue weighted by Gasteiger charge is -2.24. The van der Waals surface area contributed by atoms with E-state index in [0.717, 1.165) is 37.7 Å². The molecule has 2 aromatic rings. The van der Waals surface area contributed by atoms with Crippen molar-refractivity contribution < 1.29 is 13.2 Å². The summed E-state index contributed by atoms with van der Waals surface area (Å²) in [6, 6.07) is 5.60. The van der Waals surface area contributed by atoms with Crippen LogP contribution < -0.4 is 5.73 Å². The molecule has 0 radical (unpaired) electrons. The van der Waals surface area contributed by atoms with Crippen molar-refractivity contribution >= 4 is 5.82 Å². The topological polar surface area (TPSA) is 83.8 Å². The molecule has 2 unspecified atom stereocenters. The summed E-state index contributed by atoms with van der Waals surface area (Å²) in [4.78, 5) is 6.19. The second-order valence-corrected chi connectivity index (χ2v) is 9.50. The third-order valence-corrected chi connectivity index (χ3v) is 6.98. The number of nitrogens with two attached hydrogens (primary N) is 1. The number of nitriles is 1. The number of anilines is 1. The average Bonchev–Trinajstić information content (AvgIpc) is 3.40. The van der Waals surface area contributed by atoms with Crippen LogP contribution in [0, 0.1) is 23.2 Å². The second kappa shape index (κ2) is 8.39. The monoisotopic (exact) mass is 446 g/mol. The number of likely N-dealkylation sites (tertiary alicyclic amines) is 1. The predicted octanol–water partition coefficient (Wildman–Crippen LogP) is 4.85. The molecule has 1 saturated heterocycles. The molecule has 0 aromatic carbocycles. The first-order valence-corrected chi connectivity index (χ1v) is 11.1. The molecule has 2 N–H and O–H groups in total. The van der Waals surface area contributed by atoms with Crippen molar-refractivity contribution in [2.45, 2.75) is 64.2 Å². The van der Waals surface area contributed by atoms with Gasteiger partial charge >= 0.3 is 6.18 Å². The first-order valence-electron chi connectivity index (χ1n) is 11.1. The number of fused-ring (bicyclic) bond motifs is 1. The molecule has 32 heavy (non-hydrogen) atoms. The maximum atomic E-state index is 13.3. The number of halogens is 3. The zero-order chi connectivity index (χ0) is 23.2. The Balaban J connectivity index is 1.58. The maximum absolute atomic E-state index is 13.3. The summed E-state index contributed by atoms with van der Waals surface area (Å²) in [5, 5.41) is 13.6. The fourth-order valence-electron chi connectivity index (χ4n) is 5.31. The summed E-state index contributed by atoms with van der Waals surface area (Å²) < 4.78 is 41.9. The molecular formula is C23H29F3N6. The fourth-order valence-corrected chi connectivity index (χ4v) is 5.31. The van der Waals surface area contributed by atoms with Gasteiger partial charge in [-0.1, -0.05) is 0 Å². The number of pyridine rings is 1. The molecule has 2 fully saturated rings. The second-order valence-electron chi connectivity index (χ2n) is 9.50. The highest BCUT2D eigenvalue weighted by atomic mass is 19.4. The molecule has 3 heterocycles. The molecule has 1 saturated carbocycles. The molecule has 6 nitrogen and oxygen atoms in total. The van der Waals surface area contributed by atoms with Crippen molar-refractivity contribution in [3.05, 3.63) is 29.6 Å². The predicted molar refractivity (Wildman–Crippen MR) is 115 cm³/mol. The summed E-state index contributed by atoms with van der Waals surface area (Å²) in [6.07, 6.45) is -0.590. The van der Waals surface area contributed by atoms with Crippen LogP contribution in [0.1, 0.15) is 63.3 Å². The van der Waals surface area contributed by atoms with E-state index in [2.05, 4.69) is 28.0 Å². The molecule has 2 aromatic heterocycles. The van der Waals surface area contributed by atoms with Crippen molar-refractivity contribution in [2.24, 2.45) is 11.8 Å². The van der Waals surface area contributed by atoms with Gasteiger partial charge in [-0.3, -0.25) is 9.58 Å². The van der Waals surface area contributed by atoms with E-state index >= 15 is 0 Å². The molecule has 9 heteroatoms. The van der Waals surface area contributed by atoms with Gasteiger partial charge in [-0.2, -0.15) is 23.5 Å². The van der Waals surface area contributed by atoms with Gasteiger partial charge in [-0.05, 0) is 57.6 Å². The van der Waals surface area contributed by atoms with Gasteiger partial charge in [-0.25, -0.2) is 4.98 Å². The third-order valence-electron chi connectivity index (χ3n) is 6.98. The molecule has 1 aliphatic carbocycles. The summed E-state index contributed by atoms with van der Waals surface area (Å²) >= 11 is 0. The Kier molecular flexibility index (Phi) is 5.93. The Hall–Kier alpha value is -2.60. The number of nitrogens with zero attached hydrogens (tertiary/aromatic N) is 5. The van der Waals surface area contributed by atoms with Crippen LogP contribution in [0.15, 0.2) is 18.3 Å².